The molecule has 4 aromatic rings. The molecule has 0 radical (unpaired) electrons. The number of hydrogen-bond acceptors (Lipinski definition) is 4. The van der Waals surface area contributed by atoms with Gasteiger partial charge in [-0.05, 0) is 59.0 Å². The predicted octanol–water partition coefficient (Wildman–Crippen LogP) is 6.92. The lowest BCUT2D eigenvalue weighted by atomic mass is 9.87. The number of carbonyl (C=O) groups is 1. The van der Waals surface area contributed by atoms with Gasteiger partial charge in [-0.1, -0.05) is 49.9 Å². The Bertz CT molecular complexity index is 1420. The highest BCUT2D eigenvalue weighted by atomic mass is 19.4. The summed E-state index contributed by atoms with van der Waals surface area (Å²) in [6.45, 7) is 5.36. The topological polar surface area (TPSA) is 64.2 Å². The third kappa shape index (κ3) is 5.43. The molecule has 0 bridgehead atoms. The molecule has 1 heterocycles. The smallest absolute Gasteiger partial charge is 0.423 e. The predicted molar refractivity (Wildman–Crippen MR) is 128 cm³/mol. The van der Waals surface area contributed by atoms with E-state index in [0.717, 1.165) is 28.1 Å². The summed E-state index contributed by atoms with van der Waals surface area (Å²) in [7, 11) is 0. The molecule has 1 N–H and O–H groups in total. The van der Waals surface area contributed by atoms with Crippen molar-refractivity contribution >= 4 is 28.0 Å². The number of para-hydroxylation sites is 1. The molecule has 0 saturated carbocycles. The number of halogens is 3. The maximum Gasteiger partial charge on any atom is 0.573 e. The zero-order valence-electron chi connectivity index (χ0n) is 18.7. The average Bonchev–Trinajstić information content (AvgIpc) is 3.30. The number of ether oxygens (including phenoxy) is 2. The van der Waals surface area contributed by atoms with E-state index in [1.807, 2.05) is 25.1 Å². The number of nitrogens with one attached hydrogen (secondary N) is 1. The van der Waals surface area contributed by atoms with Crippen molar-refractivity contribution in [1.82, 2.24) is 10.2 Å². The van der Waals surface area contributed by atoms with Gasteiger partial charge in [0.05, 0.1) is 11.7 Å². The zero-order chi connectivity index (χ0) is 25.0. The molecule has 8 heteroatoms. The van der Waals surface area contributed by atoms with Crippen molar-refractivity contribution in [1.29, 1.82) is 0 Å². The maximum absolute atomic E-state index is 12.9. The standard InChI is InChI=1S/C27H21F3N2O3/c1-3-21(17-8-7-9-20(15-17)35-27(28,29)30)26(18-12-13-23-19(14-18)16-31-32-23)22-10-5-6-11-24(22)34-25(33)4-2/h4-16H,2-3H2,1H3,(H,31,32)/b26-21+. The second-order valence-corrected chi connectivity index (χ2v) is 7.58. The first-order valence-electron chi connectivity index (χ1n) is 10.8. The van der Waals surface area contributed by atoms with Gasteiger partial charge >= 0.3 is 12.3 Å². The van der Waals surface area contributed by atoms with E-state index >= 15 is 0 Å². The molecular formula is C27H21F3N2O3. The Morgan fingerprint density at radius 1 is 1.06 bits per heavy atom. The highest BCUT2D eigenvalue weighted by Gasteiger charge is 2.31. The molecule has 3 aromatic carbocycles. The van der Waals surface area contributed by atoms with Crippen LogP contribution in [-0.4, -0.2) is 22.5 Å². The van der Waals surface area contributed by atoms with Gasteiger partial charge in [0.25, 0.3) is 0 Å². The molecule has 0 aliphatic heterocycles. The molecule has 4 rings (SSSR count). The molecule has 0 fully saturated rings. The minimum atomic E-state index is -4.81. The summed E-state index contributed by atoms with van der Waals surface area (Å²) < 4.78 is 48.3. The van der Waals surface area contributed by atoms with Crippen molar-refractivity contribution in [3.05, 3.63) is 102 Å². The fourth-order valence-corrected chi connectivity index (χ4v) is 3.91. The van der Waals surface area contributed by atoms with Gasteiger partial charge < -0.3 is 9.47 Å². The highest BCUT2D eigenvalue weighted by molar-refractivity contribution is 6.02. The van der Waals surface area contributed by atoms with Crippen LogP contribution in [0.3, 0.4) is 0 Å². The van der Waals surface area contributed by atoms with E-state index in [1.165, 1.54) is 18.2 Å². The summed E-state index contributed by atoms with van der Waals surface area (Å²) in [5.74, 6) is -0.647. The number of benzene rings is 3. The quantitative estimate of drug-likeness (QED) is 0.136. The molecule has 1 aromatic heterocycles. The molecule has 5 nitrogen and oxygen atoms in total. The lowest BCUT2D eigenvalue weighted by Gasteiger charge is -2.19. The van der Waals surface area contributed by atoms with Gasteiger partial charge in [0.2, 0.25) is 0 Å². The number of allylic oxidation sites excluding steroid dienone is 1. The number of aromatic amines is 1. The van der Waals surface area contributed by atoms with E-state index in [1.54, 1.807) is 36.5 Å². The Balaban J connectivity index is 1.98. The Morgan fingerprint density at radius 3 is 2.60 bits per heavy atom. The summed E-state index contributed by atoms with van der Waals surface area (Å²) in [4.78, 5) is 12.0. The van der Waals surface area contributed by atoms with E-state index in [-0.39, 0.29) is 5.75 Å². The van der Waals surface area contributed by atoms with Crippen LogP contribution < -0.4 is 9.47 Å². The van der Waals surface area contributed by atoms with Gasteiger partial charge in [0.1, 0.15) is 11.5 Å². The molecule has 35 heavy (non-hydrogen) atoms. The Hall–Kier alpha value is -4.33. The summed E-state index contributed by atoms with van der Waals surface area (Å²) in [6, 6.07) is 18.5. The van der Waals surface area contributed by atoms with Gasteiger partial charge in [0.15, 0.2) is 0 Å². The van der Waals surface area contributed by atoms with Crippen LogP contribution >= 0.6 is 0 Å². The van der Waals surface area contributed by atoms with Crippen LogP contribution in [0.15, 0.2) is 85.6 Å². The zero-order valence-corrected chi connectivity index (χ0v) is 18.7. The van der Waals surface area contributed by atoms with Gasteiger partial charge in [-0.3, -0.25) is 5.10 Å². The van der Waals surface area contributed by atoms with Crippen LogP contribution in [0.1, 0.15) is 30.0 Å². The highest BCUT2D eigenvalue weighted by Crippen LogP contribution is 2.40. The summed E-state index contributed by atoms with van der Waals surface area (Å²) in [6.07, 6.45) is -1.59. The van der Waals surface area contributed by atoms with Crippen molar-refractivity contribution in [3.8, 4) is 11.5 Å². The van der Waals surface area contributed by atoms with Crippen molar-refractivity contribution < 1.29 is 27.4 Å². The minimum absolute atomic E-state index is 0.299. The maximum atomic E-state index is 12.9. The van der Waals surface area contributed by atoms with Crippen molar-refractivity contribution in [2.45, 2.75) is 19.7 Å². The van der Waals surface area contributed by atoms with Gasteiger partial charge in [-0.25, -0.2) is 4.79 Å². The molecule has 0 spiro atoms. The van der Waals surface area contributed by atoms with Gasteiger partial charge in [0, 0.05) is 17.0 Å². The lowest BCUT2D eigenvalue weighted by Crippen LogP contribution is -2.17. The number of H-pyrrole nitrogens is 1. The monoisotopic (exact) mass is 478 g/mol. The number of fused-ring (bicyclic) bond motifs is 1. The van der Waals surface area contributed by atoms with E-state index in [2.05, 4.69) is 21.5 Å². The first kappa shape index (κ1) is 23.8. The van der Waals surface area contributed by atoms with E-state index in [4.69, 9.17) is 4.74 Å². The third-order valence-corrected chi connectivity index (χ3v) is 5.33. The number of alkyl halides is 3. The lowest BCUT2D eigenvalue weighted by molar-refractivity contribution is -0.274. The summed E-state index contributed by atoms with van der Waals surface area (Å²) in [5, 5.41) is 7.82. The Labute approximate surface area is 199 Å². The van der Waals surface area contributed by atoms with Crippen molar-refractivity contribution in [2.75, 3.05) is 0 Å². The second kappa shape index (κ2) is 9.89. The molecule has 0 atom stereocenters. The fourth-order valence-electron chi connectivity index (χ4n) is 3.91. The molecule has 0 aliphatic rings. The number of rotatable bonds is 7. The molecule has 0 amide bonds. The number of nitrogens with zero attached hydrogens (tertiary/aromatic N) is 1. The van der Waals surface area contributed by atoms with Gasteiger partial charge in [-0.15, -0.1) is 13.2 Å². The van der Waals surface area contributed by atoms with Crippen LogP contribution in [0, 0.1) is 0 Å². The summed E-state index contributed by atoms with van der Waals surface area (Å²) in [5.41, 5.74) is 4.19. The normalized spacial score (nSPS) is 12.2. The van der Waals surface area contributed by atoms with Crippen LogP contribution in [-0.2, 0) is 4.79 Å². The molecule has 0 saturated heterocycles. The second-order valence-electron chi connectivity index (χ2n) is 7.58. The van der Waals surface area contributed by atoms with Crippen LogP contribution in [0.4, 0.5) is 13.2 Å². The van der Waals surface area contributed by atoms with Crippen molar-refractivity contribution in [2.24, 2.45) is 0 Å². The minimum Gasteiger partial charge on any atom is -0.423 e. The Morgan fingerprint density at radius 2 is 1.86 bits per heavy atom. The number of hydrogen-bond donors (Lipinski definition) is 1. The average molecular weight is 478 g/mol. The molecule has 0 aliphatic carbocycles. The number of esters is 1. The van der Waals surface area contributed by atoms with E-state index in [9.17, 15) is 18.0 Å². The largest absolute Gasteiger partial charge is 0.573 e. The number of aromatic nitrogens is 2. The first-order chi connectivity index (χ1) is 16.8. The van der Waals surface area contributed by atoms with Gasteiger partial charge in [-0.2, -0.15) is 5.10 Å². The Kier molecular flexibility index (Phi) is 6.73. The molecule has 0 unspecified atom stereocenters. The summed E-state index contributed by atoms with van der Waals surface area (Å²) >= 11 is 0. The van der Waals surface area contributed by atoms with Crippen LogP contribution in [0.5, 0.6) is 11.5 Å². The number of carbonyl (C=O) groups excluding carboxylic acids is 1. The van der Waals surface area contributed by atoms with Crippen LogP contribution in [0.2, 0.25) is 0 Å². The molecular weight excluding hydrogens is 457 g/mol. The van der Waals surface area contributed by atoms with Crippen LogP contribution in [0.25, 0.3) is 22.0 Å². The van der Waals surface area contributed by atoms with E-state index in [0.29, 0.717) is 28.9 Å². The molecule has 178 valence electrons. The van der Waals surface area contributed by atoms with Crippen molar-refractivity contribution in [3.63, 3.8) is 0 Å². The first-order valence-corrected chi connectivity index (χ1v) is 10.8. The van der Waals surface area contributed by atoms with E-state index < -0.39 is 12.3 Å². The SMILES string of the molecule is C=CC(=O)Oc1ccccc1/C(=C(\CC)c1cccc(OC(F)(F)F)c1)c1ccc2[nH]ncc2c1. The third-order valence-electron chi connectivity index (χ3n) is 5.33. The fraction of sp³-hybridized carbons (Fsp3) is 0.111.